The smallest absolute Gasteiger partial charge is 0.247 e. The highest BCUT2D eigenvalue weighted by Gasteiger charge is 2.32. The second-order valence-electron chi connectivity index (χ2n) is 5.74. The molecule has 1 aromatic heterocycles. The first-order valence-electron chi connectivity index (χ1n) is 8.12. The molecular weight excluding hydrogens is 348 g/mol. The molecule has 0 amide bonds. The van der Waals surface area contributed by atoms with E-state index in [0.717, 1.165) is 5.56 Å². The standard InChI is InChI=1S/C20H20N2O3S/c1-22(26(23,24)19-14-7-6-13-18(19)25-2)20(16-10-4-3-5-11-16)17-12-8-9-15-21-17/h3-15,20H,1-2H3/t20-/m0/s1. The molecule has 0 saturated heterocycles. The highest BCUT2D eigenvalue weighted by molar-refractivity contribution is 7.89. The van der Waals surface area contributed by atoms with Crippen molar-refractivity contribution in [1.82, 2.24) is 9.29 Å². The quantitative estimate of drug-likeness (QED) is 0.668. The summed E-state index contributed by atoms with van der Waals surface area (Å²) in [5.41, 5.74) is 1.49. The van der Waals surface area contributed by atoms with Gasteiger partial charge in [-0.05, 0) is 29.8 Å². The summed E-state index contributed by atoms with van der Waals surface area (Å²) in [5, 5.41) is 0. The Morgan fingerprint density at radius 2 is 1.58 bits per heavy atom. The van der Waals surface area contributed by atoms with Crippen LogP contribution < -0.4 is 4.74 Å². The van der Waals surface area contributed by atoms with E-state index in [1.54, 1.807) is 43.6 Å². The molecule has 0 radical (unpaired) electrons. The second-order valence-corrected chi connectivity index (χ2v) is 7.71. The molecule has 134 valence electrons. The summed E-state index contributed by atoms with van der Waals surface area (Å²) in [6.45, 7) is 0. The maximum Gasteiger partial charge on any atom is 0.247 e. The van der Waals surface area contributed by atoms with Crippen molar-refractivity contribution >= 4 is 10.0 Å². The van der Waals surface area contributed by atoms with Crippen LogP contribution in [0.25, 0.3) is 0 Å². The van der Waals surface area contributed by atoms with Crippen LogP contribution in [0.2, 0.25) is 0 Å². The van der Waals surface area contributed by atoms with Crippen LogP contribution in [0.1, 0.15) is 17.3 Å². The van der Waals surface area contributed by atoms with Gasteiger partial charge in [0.2, 0.25) is 10.0 Å². The molecule has 0 fully saturated rings. The van der Waals surface area contributed by atoms with E-state index in [2.05, 4.69) is 4.98 Å². The maximum absolute atomic E-state index is 13.3. The number of hydrogen-bond donors (Lipinski definition) is 0. The van der Waals surface area contributed by atoms with Crippen LogP contribution in [-0.4, -0.2) is 31.9 Å². The Labute approximate surface area is 153 Å². The van der Waals surface area contributed by atoms with Gasteiger partial charge in [-0.1, -0.05) is 48.5 Å². The van der Waals surface area contributed by atoms with Gasteiger partial charge in [0.25, 0.3) is 0 Å². The highest BCUT2D eigenvalue weighted by atomic mass is 32.2. The molecule has 1 atom stereocenters. The highest BCUT2D eigenvalue weighted by Crippen LogP contribution is 2.33. The van der Waals surface area contributed by atoms with Crippen LogP contribution >= 0.6 is 0 Å². The third kappa shape index (κ3) is 3.47. The van der Waals surface area contributed by atoms with Crippen molar-refractivity contribution in [1.29, 1.82) is 0 Å². The number of methoxy groups -OCH3 is 1. The normalized spacial score (nSPS) is 12.7. The van der Waals surface area contributed by atoms with Crippen molar-refractivity contribution in [3.8, 4) is 5.75 Å². The van der Waals surface area contributed by atoms with Gasteiger partial charge in [-0.2, -0.15) is 4.31 Å². The lowest BCUT2D eigenvalue weighted by Gasteiger charge is -2.28. The van der Waals surface area contributed by atoms with Gasteiger partial charge in [-0.15, -0.1) is 0 Å². The van der Waals surface area contributed by atoms with E-state index in [9.17, 15) is 8.42 Å². The number of para-hydroxylation sites is 1. The second kappa shape index (κ2) is 7.68. The fourth-order valence-corrected chi connectivity index (χ4v) is 4.34. The molecule has 3 aromatic rings. The molecule has 0 bridgehead atoms. The van der Waals surface area contributed by atoms with Crippen molar-refractivity contribution < 1.29 is 13.2 Å². The number of pyridine rings is 1. The van der Waals surface area contributed by atoms with Gasteiger partial charge in [0.15, 0.2) is 0 Å². The first kappa shape index (κ1) is 18.1. The van der Waals surface area contributed by atoms with E-state index in [-0.39, 0.29) is 4.90 Å². The van der Waals surface area contributed by atoms with Crippen LogP contribution in [0, 0.1) is 0 Å². The number of rotatable bonds is 6. The lowest BCUT2D eigenvalue weighted by atomic mass is 10.0. The Bertz CT molecular complexity index is 921. The zero-order chi connectivity index (χ0) is 18.6. The zero-order valence-electron chi connectivity index (χ0n) is 14.6. The molecule has 0 unspecified atom stereocenters. The van der Waals surface area contributed by atoms with Crippen LogP contribution in [0.5, 0.6) is 5.75 Å². The van der Waals surface area contributed by atoms with Gasteiger partial charge in [0, 0.05) is 13.2 Å². The van der Waals surface area contributed by atoms with Crippen LogP contribution in [0.15, 0.2) is 83.9 Å². The Morgan fingerprint density at radius 1 is 0.923 bits per heavy atom. The maximum atomic E-state index is 13.3. The SMILES string of the molecule is COc1ccccc1S(=O)(=O)N(C)[C@@H](c1ccccc1)c1ccccn1. The molecule has 0 N–H and O–H groups in total. The van der Waals surface area contributed by atoms with Gasteiger partial charge < -0.3 is 4.74 Å². The van der Waals surface area contributed by atoms with Gasteiger partial charge in [0.1, 0.15) is 10.6 Å². The molecule has 0 saturated carbocycles. The average molecular weight is 368 g/mol. The summed E-state index contributed by atoms with van der Waals surface area (Å²) in [7, 11) is -0.785. The number of sulfonamides is 1. The number of nitrogens with zero attached hydrogens (tertiary/aromatic N) is 2. The first-order chi connectivity index (χ1) is 12.6. The average Bonchev–Trinajstić information content (AvgIpc) is 2.69. The van der Waals surface area contributed by atoms with Crippen LogP contribution in [-0.2, 0) is 10.0 Å². The molecule has 0 aliphatic rings. The van der Waals surface area contributed by atoms with E-state index in [1.807, 2.05) is 42.5 Å². The van der Waals surface area contributed by atoms with E-state index in [0.29, 0.717) is 11.4 Å². The minimum absolute atomic E-state index is 0.127. The molecule has 3 rings (SSSR count). The van der Waals surface area contributed by atoms with Gasteiger partial charge in [-0.25, -0.2) is 8.42 Å². The molecule has 0 spiro atoms. The van der Waals surface area contributed by atoms with Crippen molar-refractivity contribution in [3.05, 3.63) is 90.3 Å². The summed E-state index contributed by atoms with van der Waals surface area (Å²) >= 11 is 0. The predicted octanol–water partition coefficient (Wildman–Crippen LogP) is 3.50. The van der Waals surface area contributed by atoms with Crippen LogP contribution in [0.3, 0.4) is 0 Å². The van der Waals surface area contributed by atoms with E-state index >= 15 is 0 Å². The van der Waals surface area contributed by atoms with Gasteiger partial charge in [-0.3, -0.25) is 4.98 Å². The zero-order valence-corrected chi connectivity index (χ0v) is 15.4. The topological polar surface area (TPSA) is 59.5 Å². The van der Waals surface area contributed by atoms with Crippen molar-refractivity contribution in [2.75, 3.05) is 14.2 Å². The van der Waals surface area contributed by atoms with Crippen LogP contribution in [0.4, 0.5) is 0 Å². The number of aromatic nitrogens is 1. The summed E-state index contributed by atoms with van der Waals surface area (Å²) in [6, 6.07) is 21.0. The Morgan fingerprint density at radius 3 is 2.23 bits per heavy atom. The number of hydrogen-bond acceptors (Lipinski definition) is 4. The Balaban J connectivity index is 2.12. The molecule has 1 heterocycles. The van der Waals surface area contributed by atoms with E-state index in [4.69, 9.17) is 4.74 Å². The number of ether oxygens (including phenoxy) is 1. The monoisotopic (exact) mass is 368 g/mol. The van der Waals surface area contributed by atoms with Crippen molar-refractivity contribution in [2.45, 2.75) is 10.9 Å². The molecule has 5 nitrogen and oxygen atoms in total. The van der Waals surface area contributed by atoms with E-state index < -0.39 is 16.1 Å². The van der Waals surface area contributed by atoms with Gasteiger partial charge >= 0.3 is 0 Å². The first-order valence-corrected chi connectivity index (χ1v) is 9.56. The Hall–Kier alpha value is -2.70. The molecule has 2 aromatic carbocycles. The summed E-state index contributed by atoms with van der Waals surface area (Å²) in [5.74, 6) is 0.312. The molecule has 26 heavy (non-hydrogen) atoms. The summed E-state index contributed by atoms with van der Waals surface area (Å²) in [4.78, 5) is 4.52. The molecule has 0 aliphatic carbocycles. The molecule has 6 heteroatoms. The summed E-state index contributed by atoms with van der Waals surface area (Å²) in [6.07, 6.45) is 1.66. The lowest BCUT2D eigenvalue weighted by Crippen LogP contribution is -2.32. The summed E-state index contributed by atoms with van der Waals surface area (Å²) < 4.78 is 33.2. The number of benzene rings is 2. The largest absolute Gasteiger partial charge is 0.495 e. The van der Waals surface area contributed by atoms with Crippen molar-refractivity contribution in [3.63, 3.8) is 0 Å². The predicted molar refractivity (Wildman–Crippen MR) is 100 cm³/mol. The minimum atomic E-state index is -3.81. The third-order valence-corrected chi connectivity index (χ3v) is 6.04. The van der Waals surface area contributed by atoms with Crippen molar-refractivity contribution in [2.24, 2.45) is 0 Å². The third-order valence-electron chi connectivity index (χ3n) is 4.17. The Kier molecular flexibility index (Phi) is 5.35. The van der Waals surface area contributed by atoms with Gasteiger partial charge in [0.05, 0.1) is 18.8 Å². The lowest BCUT2D eigenvalue weighted by molar-refractivity contribution is 0.388. The fraction of sp³-hybridized carbons (Fsp3) is 0.150. The fourth-order valence-electron chi connectivity index (χ4n) is 2.87. The molecular formula is C20H20N2O3S. The molecule has 0 aliphatic heterocycles. The van der Waals surface area contributed by atoms with E-state index in [1.165, 1.54) is 11.4 Å². The minimum Gasteiger partial charge on any atom is -0.495 e.